The van der Waals surface area contributed by atoms with Crippen molar-refractivity contribution in [2.45, 2.75) is 19.3 Å². The summed E-state index contributed by atoms with van der Waals surface area (Å²) < 4.78 is 0. The third-order valence-corrected chi connectivity index (χ3v) is 2.51. The molecule has 0 radical (unpaired) electrons. The second-order valence-electron chi connectivity index (χ2n) is 3.54. The quantitative estimate of drug-likeness (QED) is 0.790. The van der Waals surface area contributed by atoms with E-state index in [-0.39, 0.29) is 12.5 Å². The van der Waals surface area contributed by atoms with E-state index in [1.165, 1.54) is 6.07 Å². The maximum Gasteiger partial charge on any atom is 0.224 e. The lowest BCUT2D eigenvalue weighted by Gasteiger charge is -2.07. The molecule has 0 saturated heterocycles. The van der Waals surface area contributed by atoms with Gasteiger partial charge < -0.3 is 10.4 Å². The summed E-state index contributed by atoms with van der Waals surface area (Å²) in [5, 5.41) is 20.4. The van der Waals surface area contributed by atoms with Crippen molar-refractivity contribution in [2.24, 2.45) is 0 Å². The Morgan fingerprint density at radius 2 is 2.24 bits per heavy atom. The van der Waals surface area contributed by atoms with Crippen molar-refractivity contribution >= 4 is 23.2 Å². The Labute approximate surface area is 105 Å². The van der Waals surface area contributed by atoms with Gasteiger partial charge in [-0.15, -0.1) is 0 Å². The van der Waals surface area contributed by atoms with E-state index in [0.717, 1.165) is 0 Å². The molecule has 0 heterocycles. The molecule has 1 amide bonds. The van der Waals surface area contributed by atoms with Crippen LogP contribution in [0.25, 0.3) is 0 Å². The number of hydrogen-bond acceptors (Lipinski definition) is 3. The van der Waals surface area contributed by atoms with Crippen LogP contribution in [0.15, 0.2) is 18.2 Å². The summed E-state index contributed by atoms with van der Waals surface area (Å²) in [4.78, 5) is 11.5. The predicted molar refractivity (Wildman–Crippen MR) is 65.7 cm³/mol. The number of amides is 1. The highest BCUT2D eigenvalue weighted by Gasteiger charge is 2.06. The number of nitriles is 1. The van der Waals surface area contributed by atoms with E-state index >= 15 is 0 Å². The van der Waals surface area contributed by atoms with Gasteiger partial charge in [0.15, 0.2) is 0 Å². The molecule has 2 N–H and O–H groups in total. The zero-order valence-electron chi connectivity index (χ0n) is 9.24. The van der Waals surface area contributed by atoms with Gasteiger partial charge in [0.05, 0.1) is 22.3 Å². The van der Waals surface area contributed by atoms with E-state index < -0.39 is 0 Å². The van der Waals surface area contributed by atoms with E-state index in [0.29, 0.717) is 35.5 Å². The summed E-state index contributed by atoms with van der Waals surface area (Å²) in [5.74, 6) is -0.171. The first kappa shape index (κ1) is 13.5. The number of hydrogen-bond donors (Lipinski definition) is 2. The highest BCUT2D eigenvalue weighted by molar-refractivity contribution is 6.33. The topological polar surface area (TPSA) is 73.1 Å². The first-order valence-corrected chi connectivity index (χ1v) is 5.65. The molecule has 0 atom stereocenters. The number of halogens is 1. The number of carbonyl (C=O) groups is 1. The summed E-state index contributed by atoms with van der Waals surface area (Å²) in [6.45, 7) is 0.0813. The van der Waals surface area contributed by atoms with Crippen LogP contribution in [0.3, 0.4) is 0 Å². The fourth-order valence-electron chi connectivity index (χ4n) is 1.30. The number of benzene rings is 1. The van der Waals surface area contributed by atoms with Crippen LogP contribution in [0.2, 0.25) is 5.02 Å². The van der Waals surface area contributed by atoms with Crippen molar-refractivity contribution in [3.63, 3.8) is 0 Å². The minimum atomic E-state index is -0.171. The molecule has 0 aliphatic heterocycles. The molecule has 0 aliphatic rings. The van der Waals surface area contributed by atoms with Gasteiger partial charge in [0, 0.05) is 13.0 Å². The Bertz CT molecular complexity index is 441. The smallest absolute Gasteiger partial charge is 0.224 e. The van der Waals surface area contributed by atoms with E-state index in [2.05, 4.69) is 5.32 Å². The molecule has 0 fully saturated rings. The van der Waals surface area contributed by atoms with Gasteiger partial charge in [-0.25, -0.2) is 0 Å². The molecule has 1 rings (SSSR count). The lowest BCUT2D eigenvalue weighted by molar-refractivity contribution is -0.116. The summed E-state index contributed by atoms with van der Waals surface area (Å²) in [5.41, 5.74) is 0.889. The Morgan fingerprint density at radius 3 is 2.88 bits per heavy atom. The summed E-state index contributed by atoms with van der Waals surface area (Å²) in [6.07, 6.45) is 1.55. The van der Waals surface area contributed by atoms with E-state index in [1.54, 1.807) is 12.1 Å². The van der Waals surface area contributed by atoms with Gasteiger partial charge in [-0.2, -0.15) is 5.26 Å². The number of carbonyl (C=O) groups excluding carboxylic acids is 1. The fraction of sp³-hybridized carbons (Fsp3) is 0.333. The molecular formula is C12H13ClN2O2. The normalized spacial score (nSPS) is 9.71. The highest BCUT2D eigenvalue weighted by Crippen LogP contribution is 2.23. The number of aliphatic hydroxyl groups excluding tert-OH is 1. The van der Waals surface area contributed by atoms with Gasteiger partial charge in [0.25, 0.3) is 0 Å². The average molecular weight is 253 g/mol. The number of unbranched alkanes of at least 4 members (excludes halogenated alkanes) is 1. The molecule has 0 saturated carbocycles. The van der Waals surface area contributed by atoms with Crippen molar-refractivity contribution in [2.75, 3.05) is 11.9 Å². The third kappa shape index (κ3) is 4.43. The van der Waals surface area contributed by atoms with Crippen LogP contribution in [0.1, 0.15) is 24.8 Å². The van der Waals surface area contributed by atoms with Crippen molar-refractivity contribution in [3.05, 3.63) is 28.8 Å². The number of aliphatic hydroxyl groups is 1. The molecular weight excluding hydrogens is 240 g/mol. The molecule has 0 spiro atoms. The molecule has 1 aromatic carbocycles. The van der Waals surface area contributed by atoms with Gasteiger partial charge in [-0.1, -0.05) is 11.6 Å². The largest absolute Gasteiger partial charge is 0.396 e. The molecule has 0 bridgehead atoms. The zero-order valence-corrected chi connectivity index (χ0v) is 10.00. The minimum Gasteiger partial charge on any atom is -0.396 e. The van der Waals surface area contributed by atoms with Gasteiger partial charge in [-0.3, -0.25) is 4.79 Å². The van der Waals surface area contributed by atoms with Crippen LogP contribution in [0.5, 0.6) is 0 Å². The first-order chi connectivity index (χ1) is 8.17. The molecule has 0 unspecified atom stereocenters. The molecule has 1 aromatic rings. The number of rotatable bonds is 5. The Kier molecular flexibility index (Phi) is 5.47. The highest BCUT2D eigenvalue weighted by atomic mass is 35.5. The monoisotopic (exact) mass is 252 g/mol. The second-order valence-corrected chi connectivity index (χ2v) is 3.94. The fourth-order valence-corrected chi connectivity index (χ4v) is 1.47. The average Bonchev–Trinajstić information content (AvgIpc) is 2.32. The zero-order chi connectivity index (χ0) is 12.7. The first-order valence-electron chi connectivity index (χ1n) is 5.27. The van der Waals surface area contributed by atoms with E-state index in [9.17, 15) is 4.79 Å². The molecule has 4 nitrogen and oxygen atoms in total. The molecule has 5 heteroatoms. The Morgan fingerprint density at radius 1 is 1.47 bits per heavy atom. The SMILES string of the molecule is N#Cc1ccc(Cl)c(NC(=O)CCCCO)c1. The van der Waals surface area contributed by atoms with Crippen LogP contribution >= 0.6 is 11.6 Å². The maximum atomic E-state index is 11.5. The van der Waals surface area contributed by atoms with Gasteiger partial charge in [0.2, 0.25) is 5.91 Å². The number of anilines is 1. The van der Waals surface area contributed by atoms with Crippen LogP contribution in [0, 0.1) is 11.3 Å². The lowest BCUT2D eigenvalue weighted by Crippen LogP contribution is -2.11. The lowest BCUT2D eigenvalue weighted by atomic mass is 10.2. The number of nitrogens with zero attached hydrogens (tertiary/aromatic N) is 1. The van der Waals surface area contributed by atoms with Gasteiger partial charge in [-0.05, 0) is 31.0 Å². The van der Waals surface area contributed by atoms with Crippen LogP contribution < -0.4 is 5.32 Å². The van der Waals surface area contributed by atoms with Crippen molar-refractivity contribution in [3.8, 4) is 6.07 Å². The molecule has 17 heavy (non-hydrogen) atoms. The van der Waals surface area contributed by atoms with Gasteiger partial charge >= 0.3 is 0 Å². The van der Waals surface area contributed by atoms with E-state index in [4.69, 9.17) is 22.0 Å². The van der Waals surface area contributed by atoms with E-state index in [1.807, 2.05) is 6.07 Å². The summed E-state index contributed by atoms with van der Waals surface area (Å²) in [7, 11) is 0. The predicted octanol–water partition coefficient (Wildman–Crippen LogP) is 2.31. The third-order valence-electron chi connectivity index (χ3n) is 2.18. The minimum absolute atomic E-state index is 0.0813. The van der Waals surface area contributed by atoms with Crippen molar-refractivity contribution in [1.82, 2.24) is 0 Å². The number of nitrogens with one attached hydrogen (secondary N) is 1. The van der Waals surface area contributed by atoms with Crippen molar-refractivity contribution in [1.29, 1.82) is 5.26 Å². The van der Waals surface area contributed by atoms with Gasteiger partial charge in [0.1, 0.15) is 0 Å². The molecule has 90 valence electrons. The van der Waals surface area contributed by atoms with Crippen LogP contribution in [0.4, 0.5) is 5.69 Å². The Hall–Kier alpha value is -1.57. The standard InChI is InChI=1S/C12H13ClN2O2/c13-10-5-4-9(8-14)7-11(10)15-12(17)3-1-2-6-16/h4-5,7,16H,1-3,6H2,(H,15,17). The molecule has 0 aliphatic carbocycles. The second kappa shape index (κ2) is 6.89. The van der Waals surface area contributed by atoms with Crippen LogP contribution in [-0.4, -0.2) is 17.6 Å². The molecule has 0 aromatic heterocycles. The summed E-state index contributed by atoms with van der Waals surface area (Å²) >= 11 is 5.89. The van der Waals surface area contributed by atoms with Crippen molar-refractivity contribution < 1.29 is 9.90 Å². The summed E-state index contributed by atoms with van der Waals surface area (Å²) in [6, 6.07) is 6.67. The Balaban J connectivity index is 2.61. The van der Waals surface area contributed by atoms with Crippen LogP contribution in [-0.2, 0) is 4.79 Å². The maximum absolute atomic E-state index is 11.5.